The molecule has 3 rings (SSSR count). The molecule has 1 aliphatic rings. The summed E-state index contributed by atoms with van der Waals surface area (Å²) in [6, 6.07) is 17.9. The van der Waals surface area contributed by atoms with Gasteiger partial charge >= 0.3 is 5.97 Å². The minimum absolute atomic E-state index is 0.547. The average molecular weight is 267 g/mol. The molecule has 0 spiro atoms. The molecule has 0 radical (unpaired) electrons. The molecule has 2 aromatic rings. The molecule has 0 aromatic heterocycles. The highest BCUT2D eigenvalue weighted by Gasteiger charge is 2.43. The van der Waals surface area contributed by atoms with Crippen LogP contribution in [0.5, 0.6) is 0 Å². The molecule has 102 valence electrons. The summed E-state index contributed by atoms with van der Waals surface area (Å²) in [4.78, 5) is 11.8. The molecule has 3 nitrogen and oxygen atoms in total. The van der Waals surface area contributed by atoms with Crippen LogP contribution in [0.3, 0.4) is 0 Å². The van der Waals surface area contributed by atoms with Gasteiger partial charge in [0, 0.05) is 19.4 Å². The number of fused-ring (bicyclic) bond motifs is 1. The highest BCUT2D eigenvalue weighted by atomic mass is 16.4. The first-order chi connectivity index (χ1) is 9.70. The van der Waals surface area contributed by atoms with E-state index >= 15 is 0 Å². The lowest BCUT2D eigenvalue weighted by molar-refractivity contribution is -0.144. The number of nitrogens with one attached hydrogen (secondary N) is 1. The number of carboxylic acids is 1. The largest absolute Gasteiger partial charge is 0.480 e. The fraction of sp³-hybridized carbons (Fsp3) is 0.235. The highest BCUT2D eigenvalue weighted by Crippen LogP contribution is 2.30. The molecule has 0 heterocycles. The molecule has 2 N–H and O–H groups in total. The summed E-state index contributed by atoms with van der Waals surface area (Å²) in [5.41, 5.74) is 2.49. The summed E-state index contributed by atoms with van der Waals surface area (Å²) < 4.78 is 0. The van der Waals surface area contributed by atoms with Gasteiger partial charge in [-0.25, -0.2) is 0 Å². The summed E-state index contributed by atoms with van der Waals surface area (Å²) in [6.45, 7) is 0.571. The standard InChI is InChI=1S/C17H17NO2/c19-16(20)17(18-12-13-6-2-1-3-7-13)10-14-8-4-5-9-15(14)11-17/h1-9,18H,10-12H2,(H,19,20). The van der Waals surface area contributed by atoms with E-state index in [1.54, 1.807) is 0 Å². The Bertz CT molecular complexity index is 597. The normalized spacial score (nSPS) is 15.8. The summed E-state index contributed by atoms with van der Waals surface area (Å²) in [5, 5.41) is 12.9. The lowest BCUT2D eigenvalue weighted by Gasteiger charge is -2.25. The van der Waals surface area contributed by atoms with E-state index in [4.69, 9.17) is 0 Å². The van der Waals surface area contributed by atoms with Gasteiger partial charge < -0.3 is 5.11 Å². The minimum atomic E-state index is -0.875. The van der Waals surface area contributed by atoms with Gasteiger partial charge in [-0.3, -0.25) is 10.1 Å². The minimum Gasteiger partial charge on any atom is -0.480 e. The molecule has 0 aliphatic heterocycles. The Morgan fingerprint density at radius 1 is 1.00 bits per heavy atom. The van der Waals surface area contributed by atoms with Gasteiger partial charge in [-0.15, -0.1) is 0 Å². The summed E-state index contributed by atoms with van der Waals surface area (Å²) in [7, 11) is 0. The molecule has 0 saturated heterocycles. The zero-order chi connectivity index (χ0) is 14.0. The van der Waals surface area contributed by atoms with Crippen LogP contribution in [0.15, 0.2) is 54.6 Å². The molecule has 2 aromatic carbocycles. The second kappa shape index (κ2) is 5.10. The number of aliphatic carboxylic acids is 1. The van der Waals surface area contributed by atoms with Crippen molar-refractivity contribution in [1.82, 2.24) is 5.32 Å². The van der Waals surface area contributed by atoms with Crippen LogP contribution in [0.4, 0.5) is 0 Å². The van der Waals surface area contributed by atoms with Crippen LogP contribution in [-0.4, -0.2) is 16.6 Å². The quantitative estimate of drug-likeness (QED) is 0.894. The summed E-state index contributed by atoms with van der Waals surface area (Å²) in [5.74, 6) is -0.773. The Hall–Kier alpha value is -2.13. The SMILES string of the molecule is O=C(O)C1(NCc2ccccc2)Cc2ccccc2C1. The molecule has 0 saturated carbocycles. The Kier molecular flexibility index (Phi) is 3.28. The maximum Gasteiger partial charge on any atom is 0.324 e. The zero-order valence-electron chi connectivity index (χ0n) is 11.2. The van der Waals surface area contributed by atoms with Crippen LogP contribution in [0, 0.1) is 0 Å². The third kappa shape index (κ3) is 2.32. The topological polar surface area (TPSA) is 49.3 Å². The molecule has 3 heteroatoms. The van der Waals surface area contributed by atoms with E-state index < -0.39 is 11.5 Å². The van der Waals surface area contributed by atoms with Crippen molar-refractivity contribution < 1.29 is 9.90 Å². The van der Waals surface area contributed by atoms with Crippen molar-refractivity contribution in [2.24, 2.45) is 0 Å². The number of rotatable bonds is 4. The van der Waals surface area contributed by atoms with Gasteiger partial charge in [0.1, 0.15) is 5.54 Å². The van der Waals surface area contributed by atoms with Crippen LogP contribution in [0.1, 0.15) is 16.7 Å². The van der Waals surface area contributed by atoms with Crippen LogP contribution >= 0.6 is 0 Å². The van der Waals surface area contributed by atoms with Crippen LogP contribution in [0.2, 0.25) is 0 Å². The Morgan fingerprint density at radius 2 is 1.55 bits per heavy atom. The molecule has 0 amide bonds. The number of carboxylic acid groups (broad SMARTS) is 1. The predicted octanol–water partition coefficient (Wildman–Crippen LogP) is 2.40. The Morgan fingerprint density at radius 3 is 2.10 bits per heavy atom. The fourth-order valence-corrected chi connectivity index (χ4v) is 2.83. The van der Waals surface area contributed by atoms with Gasteiger partial charge in [-0.05, 0) is 16.7 Å². The van der Waals surface area contributed by atoms with Gasteiger partial charge in [0.2, 0.25) is 0 Å². The van der Waals surface area contributed by atoms with Crippen LogP contribution in [-0.2, 0) is 24.2 Å². The van der Waals surface area contributed by atoms with E-state index in [2.05, 4.69) is 5.32 Å². The number of hydrogen-bond donors (Lipinski definition) is 2. The molecular formula is C17H17NO2. The average Bonchev–Trinajstić information content (AvgIpc) is 2.86. The molecule has 0 bridgehead atoms. The van der Waals surface area contributed by atoms with Gasteiger partial charge in [-0.2, -0.15) is 0 Å². The van der Waals surface area contributed by atoms with Crippen molar-refractivity contribution in [3.8, 4) is 0 Å². The lowest BCUT2D eigenvalue weighted by Crippen LogP contribution is -2.52. The Labute approximate surface area is 118 Å². The third-order valence-electron chi connectivity index (χ3n) is 3.99. The lowest BCUT2D eigenvalue weighted by atomic mass is 9.95. The van der Waals surface area contributed by atoms with Crippen molar-refractivity contribution in [3.63, 3.8) is 0 Å². The molecule has 0 atom stereocenters. The maximum atomic E-state index is 11.8. The summed E-state index contributed by atoms with van der Waals surface area (Å²) >= 11 is 0. The second-order valence-corrected chi connectivity index (χ2v) is 5.35. The summed E-state index contributed by atoms with van der Waals surface area (Å²) in [6.07, 6.45) is 1.09. The molecular weight excluding hydrogens is 250 g/mol. The number of benzene rings is 2. The number of carbonyl (C=O) groups is 1. The number of hydrogen-bond acceptors (Lipinski definition) is 2. The van der Waals surface area contributed by atoms with E-state index in [0.29, 0.717) is 19.4 Å². The second-order valence-electron chi connectivity index (χ2n) is 5.35. The van der Waals surface area contributed by atoms with Crippen molar-refractivity contribution in [1.29, 1.82) is 0 Å². The van der Waals surface area contributed by atoms with Crippen LogP contribution < -0.4 is 5.32 Å². The van der Waals surface area contributed by atoms with Crippen molar-refractivity contribution in [2.75, 3.05) is 0 Å². The van der Waals surface area contributed by atoms with Gasteiger partial charge in [0.05, 0.1) is 0 Å². The van der Waals surface area contributed by atoms with Crippen molar-refractivity contribution >= 4 is 5.97 Å². The molecule has 0 fully saturated rings. The third-order valence-corrected chi connectivity index (χ3v) is 3.99. The van der Waals surface area contributed by atoms with Gasteiger partial charge in [-0.1, -0.05) is 54.6 Å². The zero-order valence-corrected chi connectivity index (χ0v) is 11.2. The van der Waals surface area contributed by atoms with E-state index in [0.717, 1.165) is 16.7 Å². The first kappa shape index (κ1) is 12.9. The van der Waals surface area contributed by atoms with E-state index in [1.165, 1.54) is 0 Å². The maximum absolute atomic E-state index is 11.8. The molecule has 20 heavy (non-hydrogen) atoms. The smallest absolute Gasteiger partial charge is 0.324 e. The van der Waals surface area contributed by atoms with E-state index in [1.807, 2.05) is 54.6 Å². The van der Waals surface area contributed by atoms with Crippen molar-refractivity contribution in [3.05, 3.63) is 71.3 Å². The molecule has 1 aliphatic carbocycles. The highest BCUT2D eigenvalue weighted by molar-refractivity contribution is 5.81. The van der Waals surface area contributed by atoms with E-state index in [-0.39, 0.29) is 0 Å². The van der Waals surface area contributed by atoms with Gasteiger partial charge in [0.15, 0.2) is 0 Å². The first-order valence-electron chi connectivity index (χ1n) is 6.79. The Balaban J connectivity index is 1.80. The molecule has 0 unspecified atom stereocenters. The van der Waals surface area contributed by atoms with Crippen molar-refractivity contribution in [2.45, 2.75) is 24.9 Å². The fourth-order valence-electron chi connectivity index (χ4n) is 2.83. The monoisotopic (exact) mass is 267 g/mol. The van der Waals surface area contributed by atoms with Crippen LogP contribution in [0.25, 0.3) is 0 Å². The first-order valence-corrected chi connectivity index (χ1v) is 6.79. The van der Waals surface area contributed by atoms with Gasteiger partial charge in [0.25, 0.3) is 0 Å². The van der Waals surface area contributed by atoms with E-state index in [9.17, 15) is 9.90 Å². The predicted molar refractivity (Wildman–Crippen MR) is 77.5 cm³/mol.